The highest BCUT2D eigenvalue weighted by atomic mass is 16.3. The molecule has 2 bridgehead atoms. The standard InChI is InChI=1S/C21H29NO2/c23-17-7-6-16-12-19-21(24)9-2-1-8-20(21,18(16)13-17)10-11-22(19)14-15-4-3-5-15/h6-7,13,15,19,23-24H,1-5,8-12,14H2/t19?,20-,21+/m0/s1. The Hall–Kier alpha value is -1.06. The maximum absolute atomic E-state index is 11.9. The van der Waals surface area contributed by atoms with Gasteiger partial charge in [-0.15, -0.1) is 0 Å². The molecule has 1 aromatic carbocycles. The van der Waals surface area contributed by atoms with Crippen molar-refractivity contribution in [2.45, 2.75) is 74.8 Å². The summed E-state index contributed by atoms with van der Waals surface area (Å²) >= 11 is 0. The first-order valence-corrected chi connectivity index (χ1v) is 9.91. The van der Waals surface area contributed by atoms with Gasteiger partial charge in [0.25, 0.3) is 0 Å². The number of phenols is 1. The van der Waals surface area contributed by atoms with Crippen molar-refractivity contribution in [1.29, 1.82) is 0 Å². The zero-order valence-corrected chi connectivity index (χ0v) is 14.5. The van der Waals surface area contributed by atoms with Gasteiger partial charge in [0.05, 0.1) is 5.60 Å². The second-order valence-electron chi connectivity index (χ2n) is 8.82. The number of aromatic hydroxyl groups is 1. The van der Waals surface area contributed by atoms with Crippen LogP contribution in [-0.2, 0) is 11.8 Å². The number of benzene rings is 1. The van der Waals surface area contributed by atoms with Gasteiger partial charge in [0.15, 0.2) is 0 Å². The molecule has 3 aliphatic carbocycles. The van der Waals surface area contributed by atoms with E-state index in [1.807, 2.05) is 12.1 Å². The van der Waals surface area contributed by atoms with Crippen LogP contribution >= 0.6 is 0 Å². The summed E-state index contributed by atoms with van der Waals surface area (Å²) in [5, 5.41) is 22.0. The summed E-state index contributed by atoms with van der Waals surface area (Å²) in [6.07, 6.45) is 10.5. The Morgan fingerprint density at radius 3 is 2.71 bits per heavy atom. The number of aliphatic hydroxyl groups is 1. The van der Waals surface area contributed by atoms with Gasteiger partial charge in [0, 0.05) is 18.0 Å². The maximum Gasteiger partial charge on any atom is 0.115 e. The van der Waals surface area contributed by atoms with Crippen molar-refractivity contribution >= 4 is 0 Å². The van der Waals surface area contributed by atoms with Crippen LogP contribution in [0.15, 0.2) is 18.2 Å². The largest absolute Gasteiger partial charge is 0.508 e. The molecule has 5 rings (SSSR count). The molecular formula is C21H29NO2. The zero-order valence-electron chi connectivity index (χ0n) is 14.5. The van der Waals surface area contributed by atoms with Crippen LogP contribution in [0.25, 0.3) is 0 Å². The topological polar surface area (TPSA) is 43.7 Å². The Morgan fingerprint density at radius 1 is 1.08 bits per heavy atom. The van der Waals surface area contributed by atoms with Crippen molar-refractivity contribution in [3.8, 4) is 5.75 Å². The third kappa shape index (κ3) is 1.91. The number of hydrogen-bond donors (Lipinski definition) is 2. The number of nitrogens with zero attached hydrogens (tertiary/aromatic N) is 1. The van der Waals surface area contributed by atoms with Gasteiger partial charge < -0.3 is 10.2 Å². The summed E-state index contributed by atoms with van der Waals surface area (Å²) in [7, 11) is 0. The van der Waals surface area contributed by atoms with Gasteiger partial charge in [0.2, 0.25) is 0 Å². The zero-order chi connectivity index (χ0) is 16.4. The van der Waals surface area contributed by atoms with Crippen molar-refractivity contribution in [2.24, 2.45) is 5.92 Å². The predicted molar refractivity (Wildman–Crippen MR) is 94.2 cm³/mol. The number of rotatable bonds is 2. The highest BCUT2D eigenvalue weighted by Gasteiger charge is 2.63. The van der Waals surface area contributed by atoms with Gasteiger partial charge in [-0.25, -0.2) is 0 Å². The minimum absolute atomic E-state index is 0.127. The summed E-state index contributed by atoms with van der Waals surface area (Å²) in [5.41, 5.74) is 1.89. The van der Waals surface area contributed by atoms with Gasteiger partial charge in [-0.3, -0.25) is 4.90 Å². The molecule has 1 heterocycles. The predicted octanol–water partition coefficient (Wildman–Crippen LogP) is 3.37. The molecule has 2 N–H and O–H groups in total. The van der Waals surface area contributed by atoms with Crippen molar-refractivity contribution in [3.05, 3.63) is 29.3 Å². The van der Waals surface area contributed by atoms with Crippen molar-refractivity contribution in [3.63, 3.8) is 0 Å². The molecule has 0 aromatic heterocycles. The maximum atomic E-state index is 11.9. The summed E-state index contributed by atoms with van der Waals surface area (Å²) in [6, 6.07) is 6.17. The van der Waals surface area contributed by atoms with E-state index in [2.05, 4.69) is 11.0 Å². The quantitative estimate of drug-likeness (QED) is 0.875. The molecule has 24 heavy (non-hydrogen) atoms. The first kappa shape index (κ1) is 15.2. The summed E-state index contributed by atoms with van der Waals surface area (Å²) in [4.78, 5) is 2.63. The fraction of sp³-hybridized carbons (Fsp3) is 0.714. The van der Waals surface area contributed by atoms with Crippen LogP contribution in [0.5, 0.6) is 5.75 Å². The third-order valence-corrected chi connectivity index (χ3v) is 7.80. The lowest BCUT2D eigenvalue weighted by Crippen LogP contribution is -2.72. The van der Waals surface area contributed by atoms with E-state index in [0.717, 1.165) is 44.6 Å². The summed E-state index contributed by atoms with van der Waals surface area (Å²) < 4.78 is 0. The molecule has 3 nitrogen and oxygen atoms in total. The Morgan fingerprint density at radius 2 is 1.92 bits per heavy atom. The second-order valence-corrected chi connectivity index (χ2v) is 8.82. The van der Waals surface area contributed by atoms with E-state index in [0.29, 0.717) is 5.75 Å². The number of fused-ring (bicyclic) bond motifs is 1. The molecular weight excluding hydrogens is 298 g/mol. The Balaban J connectivity index is 1.59. The van der Waals surface area contributed by atoms with Crippen LogP contribution in [0, 0.1) is 5.92 Å². The average Bonchev–Trinajstić information content (AvgIpc) is 2.53. The van der Waals surface area contributed by atoms with Crippen molar-refractivity contribution < 1.29 is 10.2 Å². The molecule has 1 saturated heterocycles. The normalized spacial score (nSPS) is 39.0. The third-order valence-electron chi connectivity index (χ3n) is 7.80. The van der Waals surface area contributed by atoms with Crippen LogP contribution in [0.1, 0.15) is 62.5 Å². The van der Waals surface area contributed by atoms with Gasteiger partial charge in [0.1, 0.15) is 5.75 Å². The Kier molecular flexibility index (Phi) is 3.31. The minimum atomic E-state index is -0.603. The first-order valence-electron chi connectivity index (χ1n) is 9.91. The van der Waals surface area contributed by atoms with E-state index in [-0.39, 0.29) is 11.5 Å². The lowest BCUT2D eigenvalue weighted by atomic mass is 9.49. The summed E-state index contributed by atoms with van der Waals surface area (Å²) in [6.45, 7) is 2.29. The Labute approximate surface area is 144 Å². The molecule has 3 atom stereocenters. The SMILES string of the molecule is Oc1ccc2c(c1)[C@@]13CCCC[C@@]1(O)C(C2)N(CC1CCC1)CC3. The smallest absolute Gasteiger partial charge is 0.115 e. The summed E-state index contributed by atoms with van der Waals surface area (Å²) in [5.74, 6) is 1.21. The van der Waals surface area contributed by atoms with Crippen LogP contribution < -0.4 is 0 Å². The number of phenolic OH excluding ortho intramolecular Hbond substituents is 1. The van der Waals surface area contributed by atoms with Crippen LogP contribution in [0.3, 0.4) is 0 Å². The highest BCUT2D eigenvalue weighted by molar-refractivity contribution is 5.48. The molecule has 1 unspecified atom stereocenters. The molecule has 130 valence electrons. The lowest BCUT2D eigenvalue weighted by molar-refractivity contribution is -0.169. The van der Waals surface area contributed by atoms with E-state index in [1.54, 1.807) is 0 Å². The highest BCUT2D eigenvalue weighted by Crippen LogP contribution is 2.58. The average molecular weight is 327 g/mol. The molecule has 1 aliphatic heterocycles. The van der Waals surface area contributed by atoms with Gasteiger partial charge in [-0.1, -0.05) is 25.3 Å². The van der Waals surface area contributed by atoms with E-state index < -0.39 is 5.60 Å². The lowest BCUT2D eigenvalue weighted by Gasteiger charge is -2.64. The van der Waals surface area contributed by atoms with Crippen LogP contribution in [-0.4, -0.2) is 39.8 Å². The Bertz CT molecular complexity index is 655. The molecule has 2 saturated carbocycles. The van der Waals surface area contributed by atoms with Gasteiger partial charge in [-0.2, -0.15) is 0 Å². The molecule has 0 radical (unpaired) electrons. The number of likely N-dealkylation sites (tertiary alicyclic amines) is 1. The van der Waals surface area contributed by atoms with Crippen LogP contribution in [0.2, 0.25) is 0 Å². The monoisotopic (exact) mass is 327 g/mol. The minimum Gasteiger partial charge on any atom is -0.508 e. The fourth-order valence-electron chi connectivity index (χ4n) is 6.32. The van der Waals surface area contributed by atoms with Gasteiger partial charge in [-0.05, 0) is 74.2 Å². The molecule has 3 heteroatoms. The van der Waals surface area contributed by atoms with E-state index in [4.69, 9.17) is 0 Å². The van der Waals surface area contributed by atoms with E-state index >= 15 is 0 Å². The number of hydrogen-bond acceptors (Lipinski definition) is 3. The van der Waals surface area contributed by atoms with Gasteiger partial charge >= 0.3 is 0 Å². The van der Waals surface area contributed by atoms with E-state index in [1.165, 1.54) is 43.4 Å². The van der Waals surface area contributed by atoms with Crippen LogP contribution in [0.4, 0.5) is 0 Å². The number of piperidine rings is 1. The second kappa shape index (κ2) is 5.22. The molecule has 0 amide bonds. The molecule has 0 spiro atoms. The first-order chi connectivity index (χ1) is 11.6. The fourth-order valence-corrected chi connectivity index (χ4v) is 6.32. The van der Waals surface area contributed by atoms with Crippen molar-refractivity contribution in [1.82, 2.24) is 4.90 Å². The molecule has 3 fully saturated rings. The van der Waals surface area contributed by atoms with E-state index in [9.17, 15) is 10.2 Å². The molecule has 4 aliphatic rings. The van der Waals surface area contributed by atoms with Crippen molar-refractivity contribution in [2.75, 3.05) is 13.1 Å². The molecule has 1 aromatic rings.